The largest absolute Gasteiger partial charge is 0.370 e. The molecule has 3 aliphatic rings. The Balaban J connectivity index is 1.29. The summed E-state index contributed by atoms with van der Waals surface area (Å²) in [6.45, 7) is 2.98. The molecule has 3 aliphatic heterocycles. The number of carbonyl (C=O) groups is 3. The SMILES string of the molecule is CN1C(=O)CCC(N2C(=O)c3ccc(N(C)C4CCN(Cc5ccccc5)C4)c4cccc2c34)C1=O. The molecular formula is C29H30N4O3. The van der Waals surface area contributed by atoms with Gasteiger partial charge in [-0.1, -0.05) is 42.5 Å². The summed E-state index contributed by atoms with van der Waals surface area (Å²) in [4.78, 5) is 46.1. The maximum absolute atomic E-state index is 13.5. The van der Waals surface area contributed by atoms with Gasteiger partial charge in [-0.05, 0) is 36.6 Å². The van der Waals surface area contributed by atoms with Crippen LogP contribution in [0.1, 0.15) is 35.2 Å². The summed E-state index contributed by atoms with van der Waals surface area (Å²) in [5.41, 5.74) is 3.82. The van der Waals surface area contributed by atoms with Crippen molar-refractivity contribution in [2.75, 3.05) is 37.0 Å². The van der Waals surface area contributed by atoms with E-state index in [1.165, 1.54) is 12.6 Å². The smallest absolute Gasteiger partial charge is 0.259 e. The van der Waals surface area contributed by atoms with Gasteiger partial charge in [0.25, 0.3) is 11.8 Å². The normalized spacial score (nSPS) is 22.2. The Kier molecular flexibility index (Phi) is 5.52. The Labute approximate surface area is 210 Å². The first-order valence-corrected chi connectivity index (χ1v) is 12.6. The molecule has 2 atom stereocenters. The van der Waals surface area contributed by atoms with Crippen molar-refractivity contribution < 1.29 is 14.4 Å². The number of likely N-dealkylation sites (N-methyl/N-ethyl adjacent to an activating group) is 2. The van der Waals surface area contributed by atoms with Gasteiger partial charge in [0.2, 0.25) is 5.91 Å². The second-order valence-corrected chi connectivity index (χ2v) is 10.1. The Bertz CT molecular complexity index is 1370. The lowest BCUT2D eigenvalue weighted by molar-refractivity contribution is -0.147. The topological polar surface area (TPSA) is 64.2 Å². The van der Waals surface area contributed by atoms with Crippen LogP contribution in [-0.4, -0.2) is 66.8 Å². The number of imide groups is 1. The molecule has 0 aliphatic carbocycles. The van der Waals surface area contributed by atoms with E-state index >= 15 is 0 Å². The zero-order chi connectivity index (χ0) is 25.0. The third kappa shape index (κ3) is 3.57. The number of anilines is 2. The predicted octanol–water partition coefficient (Wildman–Crippen LogP) is 3.66. The molecule has 3 heterocycles. The zero-order valence-corrected chi connectivity index (χ0v) is 20.7. The van der Waals surface area contributed by atoms with Gasteiger partial charge in [-0.15, -0.1) is 0 Å². The molecule has 0 saturated carbocycles. The Morgan fingerprint density at radius 3 is 2.56 bits per heavy atom. The van der Waals surface area contributed by atoms with Gasteiger partial charge >= 0.3 is 0 Å². The summed E-state index contributed by atoms with van der Waals surface area (Å²) in [5.74, 6) is -0.669. The number of rotatable bonds is 5. The van der Waals surface area contributed by atoms with E-state index in [9.17, 15) is 14.4 Å². The van der Waals surface area contributed by atoms with Crippen molar-refractivity contribution in [3.8, 4) is 0 Å². The minimum atomic E-state index is -0.652. The van der Waals surface area contributed by atoms with Crippen molar-refractivity contribution in [2.45, 2.75) is 37.9 Å². The van der Waals surface area contributed by atoms with Crippen LogP contribution in [0.5, 0.6) is 0 Å². The zero-order valence-electron chi connectivity index (χ0n) is 20.7. The van der Waals surface area contributed by atoms with E-state index in [1.54, 1.807) is 4.90 Å². The first kappa shape index (κ1) is 22.7. The molecule has 36 heavy (non-hydrogen) atoms. The Morgan fingerprint density at radius 2 is 1.75 bits per heavy atom. The Morgan fingerprint density at radius 1 is 0.944 bits per heavy atom. The molecular weight excluding hydrogens is 452 g/mol. The number of hydrogen-bond donors (Lipinski definition) is 0. The first-order chi connectivity index (χ1) is 17.4. The molecule has 2 fully saturated rings. The van der Waals surface area contributed by atoms with Crippen LogP contribution in [0, 0.1) is 0 Å². The number of amides is 3. The molecule has 184 valence electrons. The minimum Gasteiger partial charge on any atom is -0.370 e. The predicted molar refractivity (Wildman–Crippen MR) is 140 cm³/mol. The average Bonchev–Trinajstić information content (AvgIpc) is 3.47. The third-order valence-corrected chi connectivity index (χ3v) is 8.06. The highest BCUT2D eigenvalue weighted by atomic mass is 16.2. The van der Waals surface area contributed by atoms with E-state index in [4.69, 9.17) is 0 Å². The third-order valence-electron chi connectivity index (χ3n) is 8.06. The van der Waals surface area contributed by atoms with Crippen LogP contribution in [-0.2, 0) is 16.1 Å². The molecule has 2 saturated heterocycles. The highest BCUT2D eigenvalue weighted by Crippen LogP contribution is 2.43. The monoisotopic (exact) mass is 482 g/mol. The first-order valence-electron chi connectivity index (χ1n) is 12.6. The molecule has 2 unspecified atom stereocenters. The van der Waals surface area contributed by atoms with E-state index in [2.05, 4.69) is 47.2 Å². The summed E-state index contributed by atoms with van der Waals surface area (Å²) in [5, 5.41) is 1.93. The van der Waals surface area contributed by atoms with Gasteiger partial charge in [0.15, 0.2) is 0 Å². The molecule has 0 aromatic heterocycles. The number of hydrogen-bond acceptors (Lipinski definition) is 5. The molecule has 7 heteroatoms. The lowest BCUT2D eigenvalue weighted by Crippen LogP contribution is -2.54. The van der Waals surface area contributed by atoms with Crippen molar-refractivity contribution in [1.82, 2.24) is 9.80 Å². The molecule has 7 nitrogen and oxygen atoms in total. The number of nitrogens with zero attached hydrogens (tertiary/aromatic N) is 4. The molecule has 6 rings (SSSR count). The van der Waals surface area contributed by atoms with Crippen molar-refractivity contribution >= 4 is 39.9 Å². The van der Waals surface area contributed by atoms with E-state index in [-0.39, 0.29) is 24.1 Å². The van der Waals surface area contributed by atoms with Crippen LogP contribution in [0.25, 0.3) is 10.8 Å². The molecule has 0 spiro atoms. The molecule has 3 aromatic rings. The number of carbonyl (C=O) groups excluding carboxylic acids is 3. The van der Waals surface area contributed by atoms with Crippen molar-refractivity contribution in [1.29, 1.82) is 0 Å². The lowest BCUT2D eigenvalue weighted by atomic mass is 10.0. The van der Waals surface area contributed by atoms with Crippen LogP contribution in [0.3, 0.4) is 0 Å². The van der Waals surface area contributed by atoms with Crippen LogP contribution in [0.15, 0.2) is 60.7 Å². The lowest BCUT2D eigenvalue weighted by Gasteiger charge is -2.34. The van der Waals surface area contributed by atoms with Gasteiger partial charge in [0.05, 0.1) is 11.3 Å². The minimum absolute atomic E-state index is 0.161. The average molecular weight is 483 g/mol. The highest BCUT2D eigenvalue weighted by molar-refractivity contribution is 6.28. The molecule has 3 aromatic carbocycles. The maximum Gasteiger partial charge on any atom is 0.259 e. The summed E-state index contributed by atoms with van der Waals surface area (Å²) < 4.78 is 0. The number of benzene rings is 3. The van der Waals surface area contributed by atoms with Crippen molar-refractivity contribution in [3.63, 3.8) is 0 Å². The second kappa shape index (κ2) is 8.75. The second-order valence-electron chi connectivity index (χ2n) is 10.1. The fourth-order valence-corrected chi connectivity index (χ4v) is 6.05. The standard InChI is InChI=1S/C29H30N4O3/c1-30(20-15-16-32(18-20)17-19-7-4-3-5-8-19)23-12-11-22-27-21(23)9-6-10-24(27)33(28(22)35)25-13-14-26(34)31(2)29(25)36/h3-12,20,25H,13-18H2,1-2H3. The quantitative estimate of drug-likeness (QED) is 0.520. The molecule has 0 radical (unpaired) electrons. The van der Waals surface area contributed by atoms with Crippen LogP contribution < -0.4 is 9.80 Å². The van der Waals surface area contributed by atoms with Gasteiger partial charge in [-0.3, -0.25) is 29.1 Å². The van der Waals surface area contributed by atoms with E-state index in [0.29, 0.717) is 18.0 Å². The Hall–Kier alpha value is -3.71. The summed E-state index contributed by atoms with van der Waals surface area (Å²) in [6, 6.07) is 20.2. The van der Waals surface area contributed by atoms with Gasteiger partial charge in [0, 0.05) is 62.7 Å². The summed E-state index contributed by atoms with van der Waals surface area (Å²) in [7, 11) is 3.64. The van der Waals surface area contributed by atoms with Crippen molar-refractivity contribution in [2.24, 2.45) is 0 Å². The maximum atomic E-state index is 13.5. The number of likely N-dealkylation sites (tertiary alicyclic amines) is 2. The van der Waals surface area contributed by atoms with Gasteiger partial charge < -0.3 is 4.90 Å². The van der Waals surface area contributed by atoms with Gasteiger partial charge in [-0.2, -0.15) is 0 Å². The van der Waals surface area contributed by atoms with E-state index in [0.717, 1.165) is 53.1 Å². The fourth-order valence-electron chi connectivity index (χ4n) is 6.05. The summed E-state index contributed by atoms with van der Waals surface area (Å²) >= 11 is 0. The highest BCUT2D eigenvalue weighted by Gasteiger charge is 2.43. The van der Waals surface area contributed by atoms with E-state index in [1.807, 2.05) is 30.3 Å². The fraction of sp³-hybridized carbons (Fsp3) is 0.345. The molecule has 0 bridgehead atoms. The van der Waals surface area contributed by atoms with Crippen LogP contribution in [0.4, 0.5) is 11.4 Å². The molecule has 0 N–H and O–H groups in total. The van der Waals surface area contributed by atoms with Crippen molar-refractivity contribution in [3.05, 3.63) is 71.8 Å². The number of piperidine rings is 1. The van der Waals surface area contributed by atoms with Crippen LogP contribution >= 0.6 is 0 Å². The van der Waals surface area contributed by atoms with Crippen LogP contribution in [0.2, 0.25) is 0 Å². The van der Waals surface area contributed by atoms with Gasteiger partial charge in [-0.25, -0.2) is 0 Å². The van der Waals surface area contributed by atoms with E-state index < -0.39 is 6.04 Å². The molecule has 3 amide bonds. The summed E-state index contributed by atoms with van der Waals surface area (Å²) in [6.07, 6.45) is 1.69. The van der Waals surface area contributed by atoms with Gasteiger partial charge in [0.1, 0.15) is 6.04 Å².